The average Bonchev–Trinajstić information content (AvgIpc) is 3.60. The van der Waals surface area contributed by atoms with Gasteiger partial charge in [-0.15, -0.1) is 11.8 Å². The molecule has 0 radical (unpaired) electrons. The molecule has 0 bridgehead atoms. The van der Waals surface area contributed by atoms with Gasteiger partial charge in [0.1, 0.15) is 11.1 Å². The summed E-state index contributed by atoms with van der Waals surface area (Å²) in [6.07, 6.45) is 1.87. The first-order valence-electron chi connectivity index (χ1n) is 9.88. The molecule has 1 saturated carbocycles. The molecule has 0 aromatic heterocycles. The van der Waals surface area contributed by atoms with Crippen molar-refractivity contribution in [3.8, 4) is 0 Å². The van der Waals surface area contributed by atoms with Gasteiger partial charge in [-0.05, 0) is 54.8 Å². The molecule has 31 heavy (non-hydrogen) atoms. The van der Waals surface area contributed by atoms with Gasteiger partial charge in [-0.2, -0.15) is 0 Å². The number of halogens is 2. The van der Waals surface area contributed by atoms with E-state index < -0.39 is 11.1 Å². The first-order chi connectivity index (χ1) is 15.0. The fraction of sp³-hybridized carbons (Fsp3) is 0.167. The van der Waals surface area contributed by atoms with Crippen LogP contribution in [0.15, 0.2) is 82.2 Å². The van der Waals surface area contributed by atoms with Crippen molar-refractivity contribution in [1.82, 2.24) is 0 Å². The first kappa shape index (κ1) is 21.6. The lowest BCUT2D eigenvalue weighted by molar-refractivity contribution is -0.117. The number of amides is 2. The van der Waals surface area contributed by atoms with Gasteiger partial charge in [-0.1, -0.05) is 52.3 Å². The molecule has 4 nitrogen and oxygen atoms in total. The van der Waals surface area contributed by atoms with Gasteiger partial charge in [-0.25, -0.2) is 4.39 Å². The van der Waals surface area contributed by atoms with Crippen molar-refractivity contribution >= 4 is 50.9 Å². The molecule has 1 fully saturated rings. The summed E-state index contributed by atoms with van der Waals surface area (Å²) in [5.74, 6) is -0.695. The van der Waals surface area contributed by atoms with E-state index in [1.54, 1.807) is 6.07 Å². The molecule has 2 N–H and O–H groups in total. The normalized spacial score (nSPS) is 14.0. The number of hydrogen-bond acceptors (Lipinski definition) is 3. The van der Waals surface area contributed by atoms with Crippen molar-refractivity contribution in [3.05, 3.63) is 88.6 Å². The summed E-state index contributed by atoms with van der Waals surface area (Å²) in [4.78, 5) is 26.0. The standard InChI is InChI=1S/C24H20BrFN2O2S/c25-17-11-12-21(20(26)13-17)28-24(30)22(15-5-2-1-3-6-15)31-19-8-4-7-18(14-19)27-23(29)16-9-10-16/h1-8,11-14,16,22H,9-10H2,(H,27,29)(H,28,30). The van der Waals surface area contributed by atoms with E-state index in [2.05, 4.69) is 26.6 Å². The van der Waals surface area contributed by atoms with Crippen LogP contribution in [0.25, 0.3) is 0 Å². The summed E-state index contributed by atoms with van der Waals surface area (Å²) in [7, 11) is 0. The van der Waals surface area contributed by atoms with Crippen molar-refractivity contribution in [3.63, 3.8) is 0 Å². The highest BCUT2D eigenvalue weighted by Gasteiger charge is 2.29. The third-order valence-electron chi connectivity index (χ3n) is 4.83. The highest BCUT2D eigenvalue weighted by atomic mass is 79.9. The first-order valence-corrected chi connectivity index (χ1v) is 11.6. The largest absolute Gasteiger partial charge is 0.326 e. The van der Waals surface area contributed by atoms with Gasteiger partial charge in [0.15, 0.2) is 0 Å². The van der Waals surface area contributed by atoms with E-state index in [0.29, 0.717) is 10.2 Å². The second kappa shape index (κ2) is 9.66. The van der Waals surface area contributed by atoms with Gasteiger partial charge in [0.05, 0.1) is 5.69 Å². The van der Waals surface area contributed by atoms with Gasteiger partial charge in [0.25, 0.3) is 0 Å². The van der Waals surface area contributed by atoms with Gasteiger partial charge in [0.2, 0.25) is 11.8 Å². The Morgan fingerprint density at radius 3 is 2.45 bits per heavy atom. The third-order valence-corrected chi connectivity index (χ3v) is 6.57. The molecule has 0 heterocycles. The second-order valence-corrected chi connectivity index (χ2v) is 9.41. The predicted octanol–water partition coefficient (Wildman–Crippen LogP) is 6.41. The van der Waals surface area contributed by atoms with E-state index in [1.165, 1.54) is 23.9 Å². The Hall–Kier alpha value is -2.64. The van der Waals surface area contributed by atoms with Crippen LogP contribution in [0.3, 0.4) is 0 Å². The molecule has 1 aliphatic rings. The highest BCUT2D eigenvalue weighted by molar-refractivity contribution is 9.10. The smallest absolute Gasteiger partial charge is 0.242 e. The molecule has 1 unspecified atom stereocenters. The topological polar surface area (TPSA) is 58.2 Å². The van der Waals surface area contributed by atoms with Crippen LogP contribution in [0.4, 0.5) is 15.8 Å². The Kier molecular flexibility index (Phi) is 6.73. The number of nitrogens with one attached hydrogen (secondary N) is 2. The van der Waals surface area contributed by atoms with Crippen LogP contribution in [0, 0.1) is 11.7 Å². The lowest BCUT2D eigenvalue weighted by Gasteiger charge is -2.18. The molecular formula is C24H20BrFN2O2S. The van der Waals surface area contributed by atoms with Crippen LogP contribution in [0.1, 0.15) is 23.7 Å². The SMILES string of the molecule is O=C(Nc1cccc(SC(C(=O)Nc2ccc(Br)cc2F)c2ccccc2)c1)C1CC1. The van der Waals surface area contributed by atoms with E-state index in [4.69, 9.17) is 0 Å². The van der Waals surface area contributed by atoms with Gasteiger partial charge in [0, 0.05) is 21.0 Å². The molecule has 2 amide bonds. The van der Waals surface area contributed by atoms with Crippen molar-refractivity contribution in [2.24, 2.45) is 5.92 Å². The Balaban J connectivity index is 1.55. The minimum absolute atomic E-state index is 0.0326. The summed E-state index contributed by atoms with van der Waals surface area (Å²) in [5, 5.41) is 5.03. The molecule has 0 aliphatic heterocycles. The zero-order chi connectivity index (χ0) is 21.8. The lowest BCUT2D eigenvalue weighted by atomic mass is 10.1. The van der Waals surface area contributed by atoms with Crippen molar-refractivity contribution in [1.29, 1.82) is 0 Å². The average molecular weight is 499 g/mol. The number of benzene rings is 3. The number of carbonyl (C=O) groups excluding carboxylic acids is 2. The Labute approximate surface area is 192 Å². The van der Waals surface area contributed by atoms with E-state index in [0.717, 1.165) is 23.3 Å². The molecular weight excluding hydrogens is 479 g/mol. The van der Waals surface area contributed by atoms with Crippen LogP contribution < -0.4 is 10.6 Å². The number of rotatable bonds is 7. The Morgan fingerprint density at radius 1 is 0.968 bits per heavy atom. The minimum atomic E-state index is -0.598. The maximum Gasteiger partial charge on any atom is 0.242 e. The molecule has 1 atom stereocenters. The Morgan fingerprint density at radius 2 is 1.74 bits per heavy atom. The lowest BCUT2D eigenvalue weighted by Crippen LogP contribution is -2.19. The van der Waals surface area contributed by atoms with E-state index in [9.17, 15) is 14.0 Å². The van der Waals surface area contributed by atoms with E-state index in [-0.39, 0.29) is 23.4 Å². The van der Waals surface area contributed by atoms with Crippen LogP contribution in [0.5, 0.6) is 0 Å². The fourth-order valence-corrected chi connectivity index (χ4v) is 4.48. The number of anilines is 2. The minimum Gasteiger partial charge on any atom is -0.326 e. The zero-order valence-corrected chi connectivity index (χ0v) is 18.9. The third kappa shape index (κ3) is 5.74. The van der Waals surface area contributed by atoms with Crippen molar-refractivity contribution in [2.45, 2.75) is 23.0 Å². The molecule has 158 valence electrons. The second-order valence-electron chi connectivity index (χ2n) is 7.31. The molecule has 1 aliphatic carbocycles. The highest BCUT2D eigenvalue weighted by Crippen LogP contribution is 2.38. The number of thioether (sulfide) groups is 1. The maximum atomic E-state index is 14.3. The molecule has 3 aromatic carbocycles. The van der Waals surface area contributed by atoms with Crippen LogP contribution in [-0.4, -0.2) is 11.8 Å². The van der Waals surface area contributed by atoms with Crippen LogP contribution >= 0.6 is 27.7 Å². The molecule has 4 rings (SSSR count). The van der Waals surface area contributed by atoms with Crippen molar-refractivity contribution < 1.29 is 14.0 Å². The summed E-state index contributed by atoms with van der Waals surface area (Å²) in [5.41, 5.74) is 1.63. The molecule has 0 spiro atoms. The van der Waals surface area contributed by atoms with Crippen LogP contribution in [-0.2, 0) is 9.59 Å². The maximum absolute atomic E-state index is 14.3. The molecule has 3 aromatic rings. The van der Waals surface area contributed by atoms with Gasteiger partial charge in [-0.3, -0.25) is 9.59 Å². The monoisotopic (exact) mass is 498 g/mol. The van der Waals surface area contributed by atoms with Gasteiger partial charge >= 0.3 is 0 Å². The summed E-state index contributed by atoms with van der Waals surface area (Å²) >= 11 is 4.57. The van der Waals surface area contributed by atoms with Crippen LogP contribution in [0.2, 0.25) is 0 Å². The van der Waals surface area contributed by atoms with Gasteiger partial charge < -0.3 is 10.6 Å². The zero-order valence-electron chi connectivity index (χ0n) is 16.5. The summed E-state index contributed by atoms with van der Waals surface area (Å²) in [6, 6.07) is 21.3. The van der Waals surface area contributed by atoms with E-state index >= 15 is 0 Å². The quantitative estimate of drug-likeness (QED) is 0.370. The number of hydrogen-bond donors (Lipinski definition) is 2. The predicted molar refractivity (Wildman–Crippen MR) is 126 cm³/mol. The molecule has 0 saturated heterocycles. The number of carbonyl (C=O) groups is 2. The van der Waals surface area contributed by atoms with E-state index in [1.807, 2.05) is 54.6 Å². The van der Waals surface area contributed by atoms with Crippen molar-refractivity contribution in [2.75, 3.05) is 10.6 Å². The Bertz CT molecular complexity index is 1110. The summed E-state index contributed by atoms with van der Waals surface area (Å²) in [6.45, 7) is 0. The fourth-order valence-electron chi connectivity index (χ4n) is 3.06. The molecule has 7 heteroatoms. The summed E-state index contributed by atoms with van der Waals surface area (Å²) < 4.78 is 14.9.